The van der Waals surface area contributed by atoms with Crippen molar-refractivity contribution >= 4 is 49.2 Å². The van der Waals surface area contributed by atoms with Crippen molar-refractivity contribution in [3.63, 3.8) is 0 Å². The Labute approximate surface area is 291 Å². The lowest BCUT2D eigenvalue weighted by atomic mass is 9.97. The van der Waals surface area contributed by atoms with Gasteiger partial charge in [0.1, 0.15) is 0 Å². The Balaban J connectivity index is 1.41. The Morgan fingerprint density at radius 1 is 0.500 bits per heavy atom. The summed E-state index contributed by atoms with van der Waals surface area (Å²) in [7, 11) is 0. The number of aromatic nitrogens is 3. The lowest BCUT2D eigenvalue weighted by Crippen LogP contribution is -2.02. The van der Waals surface area contributed by atoms with E-state index in [1.807, 2.05) is 18.2 Å². The van der Waals surface area contributed by atoms with E-state index in [9.17, 15) is 0 Å². The number of fused-ring (bicyclic) bond motifs is 6. The first kappa shape index (κ1) is 29.4. The number of hydrogen-bond donors (Lipinski definition) is 0. The summed E-state index contributed by atoms with van der Waals surface area (Å²) in [6, 6.07) is 56.4. The van der Waals surface area contributed by atoms with Crippen LogP contribution in [0.3, 0.4) is 0 Å². The second kappa shape index (κ2) is 12.1. The second-order valence-electron chi connectivity index (χ2n) is 12.5. The number of benzene rings is 6. The highest BCUT2D eigenvalue weighted by Crippen LogP contribution is 2.40. The van der Waals surface area contributed by atoms with Crippen molar-refractivity contribution in [1.29, 1.82) is 0 Å². The van der Waals surface area contributed by atoms with Gasteiger partial charge in [0, 0.05) is 38.4 Å². The number of rotatable bonds is 7. The number of allylic oxidation sites excluding steroid dienone is 4. The molecule has 6 aromatic carbocycles. The average molecular weight is 640 g/mol. The minimum atomic E-state index is 0.840. The molecule has 3 nitrogen and oxygen atoms in total. The highest BCUT2D eigenvalue weighted by Gasteiger charge is 2.20. The first-order chi connectivity index (χ1) is 24.7. The summed E-state index contributed by atoms with van der Waals surface area (Å²) in [5.41, 5.74) is 12.7. The van der Waals surface area contributed by atoms with Gasteiger partial charge in [-0.2, -0.15) is 0 Å². The van der Waals surface area contributed by atoms with Gasteiger partial charge in [-0.3, -0.25) is 0 Å². The molecule has 0 saturated carbocycles. The molecule has 9 aromatic rings. The summed E-state index contributed by atoms with van der Waals surface area (Å²) in [4.78, 5) is 5.17. The molecule has 0 unspecified atom stereocenters. The number of pyridine rings is 1. The molecule has 50 heavy (non-hydrogen) atoms. The highest BCUT2D eigenvalue weighted by molar-refractivity contribution is 6.11. The van der Waals surface area contributed by atoms with E-state index in [1.165, 1.54) is 32.6 Å². The maximum Gasteiger partial charge on any atom is 0.0715 e. The summed E-state index contributed by atoms with van der Waals surface area (Å²) >= 11 is 0. The quantitative estimate of drug-likeness (QED) is 0.159. The smallest absolute Gasteiger partial charge is 0.0715 e. The fraction of sp³-hybridized carbons (Fsp3) is 0. The lowest BCUT2D eigenvalue weighted by Gasteiger charge is -2.18. The van der Waals surface area contributed by atoms with Gasteiger partial charge in [-0.15, -0.1) is 0 Å². The van der Waals surface area contributed by atoms with Crippen LogP contribution in [0.2, 0.25) is 0 Å². The zero-order valence-electron chi connectivity index (χ0n) is 27.5. The molecule has 0 aliphatic carbocycles. The van der Waals surface area contributed by atoms with Gasteiger partial charge >= 0.3 is 0 Å². The normalized spacial score (nSPS) is 11.9. The van der Waals surface area contributed by atoms with Crippen LogP contribution < -0.4 is 0 Å². The van der Waals surface area contributed by atoms with E-state index in [-0.39, 0.29) is 0 Å². The lowest BCUT2D eigenvalue weighted by molar-refractivity contribution is 1.14. The van der Waals surface area contributed by atoms with E-state index in [4.69, 9.17) is 4.98 Å². The van der Waals surface area contributed by atoms with Crippen LogP contribution >= 0.6 is 0 Å². The van der Waals surface area contributed by atoms with Crippen molar-refractivity contribution in [2.45, 2.75) is 0 Å². The Hall–Kier alpha value is -6.71. The molecular weight excluding hydrogens is 607 g/mol. The Morgan fingerprint density at radius 3 is 1.56 bits per heavy atom. The zero-order valence-corrected chi connectivity index (χ0v) is 27.5. The Morgan fingerprint density at radius 2 is 1.02 bits per heavy atom. The molecule has 3 heteroatoms. The van der Waals surface area contributed by atoms with E-state index in [0.29, 0.717) is 0 Å². The van der Waals surface area contributed by atoms with E-state index < -0.39 is 0 Å². The molecule has 0 atom stereocenters. The maximum absolute atomic E-state index is 5.17. The zero-order chi connectivity index (χ0) is 33.6. The summed E-state index contributed by atoms with van der Waals surface area (Å²) < 4.78 is 4.79. The predicted octanol–water partition coefficient (Wildman–Crippen LogP) is 12.4. The summed E-state index contributed by atoms with van der Waals surface area (Å²) in [6.07, 6.45) is 5.61. The highest BCUT2D eigenvalue weighted by atomic mass is 15.0. The standard InChI is InChI=1S/C47H33N3/c1-3-16-32(4-2)41-29-34(30-42(48-41)33-17-6-5-7-18-33)40-31-35(49-43-23-12-8-19-36(43)37-20-9-13-24-44(37)49)27-28-47(40)50-45-25-14-10-21-38(45)39-22-11-15-26-46(39)50/h3-31H,1-2H2/b32-16+. The first-order valence-electron chi connectivity index (χ1n) is 16.9. The molecule has 0 fully saturated rings. The van der Waals surface area contributed by atoms with Gasteiger partial charge in [0.05, 0.1) is 39.1 Å². The van der Waals surface area contributed by atoms with Crippen LogP contribution in [0, 0.1) is 0 Å². The van der Waals surface area contributed by atoms with Crippen LogP contribution in [-0.4, -0.2) is 14.1 Å². The summed E-state index contributed by atoms with van der Waals surface area (Å²) in [5.74, 6) is 0. The largest absolute Gasteiger partial charge is 0.309 e. The monoisotopic (exact) mass is 639 g/mol. The van der Waals surface area contributed by atoms with Crippen LogP contribution in [0.15, 0.2) is 189 Å². The fourth-order valence-corrected chi connectivity index (χ4v) is 7.45. The van der Waals surface area contributed by atoms with Gasteiger partial charge in [-0.05, 0) is 65.7 Å². The average Bonchev–Trinajstić information content (AvgIpc) is 3.70. The van der Waals surface area contributed by atoms with E-state index in [2.05, 4.69) is 174 Å². The number of hydrogen-bond acceptors (Lipinski definition) is 1. The van der Waals surface area contributed by atoms with Gasteiger partial charge < -0.3 is 9.13 Å². The third-order valence-corrected chi connectivity index (χ3v) is 9.66. The topological polar surface area (TPSA) is 22.8 Å². The molecule has 236 valence electrons. The van der Waals surface area contributed by atoms with Crippen LogP contribution in [0.4, 0.5) is 0 Å². The van der Waals surface area contributed by atoms with Crippen molar-refractivity contribution in [2.75, 3.05) is 0 Å². The second-order valence-corrected chi connectivity index (χ2v) is 12.5. The molecule has 0 radical (unpaired) electrons. The molecule has 0 bridgehead atoms. The van der Waals surface area contributed by atoms with Crippen LogP contribution in [0.25, 0.3) is 82.9 Å². The number of nitrogens with zero attached hydrogens (tertiary/aromatic N) is 3. The molecule has 0 aliphatic heterocycles. The molecule has 0 saturated heterocycles. The third-order valence-electron chi connectivity index (χ3n) is 9.66. The predicted molar refractivity (Wildman–Crippen MR) is 212 cm³/mol. The molecule has 0 amide bonds. The van der Waals surface area contributed by atoms with E-state index >= 15 is 0 Å². The van der Waals surface area contributed by atoms with Gasteiger partial charge in [-0.25, -0.2) is 4.98 Å². The van der Waals surface area contributed by atoms with Gasteiger partial charge in [0.15, 0.2) is 0 Å². The molecule has 0 N–H and O–H groups in total. The SMILES string of the molecule is C=C/C=C(\C=C)c1cc(-c2cc(-n3c4ccccc4c4ccccc43)ccc2-n2c3ccccc3c3ccccc32)cc(-c2ccccc2)n1. The van der Waals surface area contributed by atoms with Crippen molar-refractivity contribution in [3.8, 4) is 33.8 Å². The third kappa shape index (κ3) is 4.71. The first-order valence-corrected chi connectivity index (χ1v) is 16.9. The van der Waals surface area contributed by atoms with Crippen molar-refractivity contribution < 1.29 is 0 Å². The molecular formula is C47H33N3. The summed E-state index contributed by atoms with van der Waals surface area (Å²) in [5, 5.41) is 4.92. The van der Waals surface area contributed by atoms with Gasteiger partial charge in [0.25, 0.3) is 0 Å². The molecule has 0 aliphatic rings. The number of para-hydroxylation sites is 4. The molecule has 3 aromatic heterocycles. The Kier molecular flexibility index (Phi) is 7.10. The summed E-state index contributed by atoms with van der Waals surface area (Å²) in [6.45, 7) is 8.10. The van der Waals surface area contributed by atoms with Crippen LogP contribution in [-0.2, 0) is 0 Å². The van der Waals surface area contributed by atoms with Crippen LogP contribution in [0.1, 0.15) is 5.69 Å². The van der Waals surface area contributed by atoms with Crippen LogP contribution in [0.5, 0.6) is 0 Å². The molecule has 3 heterocycles. The molecule has 0 spiro atoms. The van der Waals surface area contributed by atoms with E-state index in [0.717, 1.165) is 56.1 Å². The van der Waals surface area contributed by atoms with Crippen molar-refractivity contribution in [2.24, 2.45) is 0 Å². The van der Waals surface area contributed by atoms with Gasteiger partial charge in [0.2, 0.25) is 0 Å². The van der Waals surface area contributed by atoms with E-state index in [1.54, 1.807) is 6.08 Å². The Bertz CT molecular complexity index is 2690. The fourth-order valence-electron chi connectivity index (χ4n) is 7.45. The minimum absolute atomic E-state index is 0.840. The van der Waals surface area contributed by atoms with Gasteiger partial charge in [-0.1, -0.05) is 135 Å². The maximum atomic E-state index is 5.17. The van der Waals surface area contributed by atoms with Crippen molar-refractivity contribution in [1.82, 2.24) is 14.1 Å². The minimum Gasteiger partial charge on any atom is -0.309 e. The van der Waals surface area contributed by atoms with Crippen molar-refractivity contribution in [3.05, 3.63) is 195 Å². The molecule has 9 rings (SSSR count).